The van der Waals surface area contributed by atoms with Gasteiger partial charge in [0.15, 0.2) is 0 Å². The maximum atomic E-state index is 6.09. The Morgan fingerprint density at radius 1 is 1.00 bits per heavy atom. The lowest BCUT2D eigenvalue weighted by Gasteiger charge is -2.12. The second-order valence-electron chi connectivity index (χ2n) is 5.07. The van der Waals surface area contributed by atoms with Gasteiger partial charge in [-0.3, -0.25) is 0 Å². The van der Waals surface area contributed by atoms with Gasteiger partial charge in [0, 0.05) is 5.02 Å². The number of benzene rings is 2. The number of hydrogen-bond acceptors (Lipinski definition) is 1. The normalized spacial score (nSPS) is 10.9. The van der Waals surface area contributed by atoms with Gasteiger partial charge in [-0.1, -0.05) is 48.0 Å². The summed E-state index contributed by atoms with van der Waals surface area (Å²) in [7, 11) is 4.23. The van der Waals surface area contributed by atoms with Crippen LogP contribution in [0.5, 0.6) is 0 Å². The predicted molar refractivity (Wildman–Crippen MR) is 83.8 cm³/mol. The lowest BCUT2D eigenvalue weighted by molar-refractivity contribution is 0.400. The first-order valence-electron chi connectivity index (χ1n) is 6.65. The molecule has 0 saturated carbocycles. The van der Waals surface area contributed by atoms with Crippen LogP contribution in [0.2, 0.25) is 5.02 Å². The largest absolute Gasteiger partial charge is 0.309 e. The Morgan fingerprint density at radius 3 is 2.53 bits per heavy atom. The molecule has 0 radical (unpaired) electrons. The fourth-order valence-corrected chi connectivity index (χ4v) is 2.45. The van der Waals surface area contributed by atoms with Gasteiger partial charge in [-0.2, -0.15) is 0 Å². The Morgan fingerprint density at radius 2 is 1.79 bits per heavy atom. The molecule has 2 aromatic rings. The lowest BCUT2D eigenvalue weighted by Crippen LogP contribution is -2.13. The quantitative estimate of drug-likeness (QED) is 0.775. The van der Waals surface area contributed by atoms with E-state index in [1.54, 1.807) is 0 Å². The molecule has 19 heavy (non-hydrogen) atoms. The summed E-state index contributed by atoms with van der Waals surface area (Å²) in [6.07, 6.45) is 2.27. The average molecular weight is 274 g/mol. The van der Waals surface area contributed by atoms with Gasteiger partial charge >= 0.3 is 0 Å². The number of rotatable bonds is 5. The molecule has 2 heteroatoms. The zero-order valence-electron chi connectivity index (χ0n) is 11.6. The molecule has 2 aromatic carbocycles. The summed E-state index contributed by atoms with van der Waals surface area (Å²) >= 11 is 6.09. The summed E-state index contributed by atoms with van der Waals surface area (Å²) in [6, 6.07) is 16.7. The minimum Gasteiger partial charge on any atom is -0.309 e. The van der Waals surface area contributed by atoms with E-state index in [0.29, 0.717) is 0 Å². The molecule has 0 saturated heterocycles. The zero-order valence-corrected chi connectivity index (χ0v) is 12.3. The van der Waals surface area contributed by atoms with Crippen LogP contribution in [-0.4, -0.2) is 25.5 Å². The molecule has 0 aromatic heterocycles. The van der Waals surface area contributed by atoms with Crippen molar-refractivity contribution in [1.82, 2.24) is 4.90 Å². The van der Waals surface area contributed by atoms with E-state index < -0.39 is 0 Å². The third-order valence-electron chi connectivity index (χ3n) is 3.20. The Kier molecular flexibility index (Phi) is 5.00. The molecule has 2 rings (SSSR count). The van der Waals surface area contributed by atoms with E-state index >= 15 is 0 Å². The molecular formula is C17H20ClN. The highest BCUT2D eigenvalue weighted by molar-refractivity contribution is 6.30. The molecule has 0 aliphatic heterocycles. The molecular weight excluding hydrogens is 254 g/mol. The molecule has 100 valence electrons. The molecule has 1 nitrogen and oxygen atoms in total. The van der Waals surface area contributed by atoms with Gasteiger partial charge in [0.1, 0.15) is 0 Å². The summed E-state index contributed by atoms with van der Waals surface area (Å²) in [5.41, 5.74) is 3.89. The van der Waals surface area contributed by atoms with Gasteiger partial charge in [0.2, 0.25) is 0 Å². The molecule has 0 amide bonds. The van der Waals surface area contributed by atoms with Crippen molar-refractivity contribution in [1.29, 1.82) is 0 Å². The van der Waals surface area contributed by atoms with Crippen LogP contribution < -0.4 is 0 Å². The van der Waals surface area contributed by atoms with Gasteiger partial charge in [-0.25, -0.2) is 0 Å². The summed E-state index contributed by atoms with van der Waals surface area (Å²) in [5, 5.41) is 0.792. The van der Waals surface area contributed by atoms with Crippen molar-refractivity contribution in [2.24, 2.45) is 0 Å². The second kappa shape index (κ2) is 6.74. The summed E-state index contributed by atoms with van der Waals surface area (Å²) in [6.45, 7) is 1.11. The molecule has 0 bridgehead atoms. The monoisotopic (exact) mass is 273 g/mol. The molecule has 0 aliphatic carbocycles. The van der Waals surface area contributed by atoms with E-state index in [9.17, 15) is 0 Å². The van der Waals surface area contributed by atoms with E-state index in [0.717, 1.165) is 18.0 Å². The van der Waals surface area contributed by atoms with Gasteiger partial charge in [-0.05, 0) is 62.3 Å². The summed E-state index contributed by atoms with van der Waals surface area (Å²) in [4.78, 5) is 2.22. The first-order chi connectivity index (χ1) is 9.16. The summed E-state index contributed by atoms with van der Waals surface area (Å²) in [5.74, 6) is 0. The van der Waals surface area contributed by atoms with Crippen LogP contribution in [0.4, 0.5) is 0 Å². The molecule has 0 fully saturated rings. The Hall–Kier alpha value is -1.31. The highest BCUT2D eigenvalue weighted by atomic mass is 35.5. The first-order valence-corrected chi connectivity index (χ1v) is 7.03. The van der Waals surface area contributed by atoms with E-state index in [1.165, 1.54) is 23.1 Å². The van der Waals surface area contributed by atoms with Crippen molar-refractivity contribution in [3.05, 3.63) is 59.1 Å². The highest BCUT2D eigenvalue weighted by Gasteiger charge is 2.05. The third kappa shape index (κ3) is 4.09. The van der Waals surface area contributed by atoms with Crippen LogP contribution in [0.15, 0.2) is 48.5 Å². The number of aryl methyl sites for hydroxylation is 1. The molecule has 0 N–H and O–H groups in total. The van der Waals surface area contributed by atoms with E-state index in [-0.39, 0.29) is 0 Å². The third-order valence-corrected chi connectivity index (χ3v) is 3.44. The van der Waals surface area contributed by atoms with Crippen molar-refractivity contribution in [3.63, 3.8) is 0 Å². The predicted octanol–water partition coefficient (Wildman–Crippen LogP) is 4.50. The van der Waals surface area contributed by atoms with E-state index in [2.05, 4.69) is 49.3 Å². The van der Waals surface area contributed by atoms with Crippen molar-refractivity contribution < 1.29 is 0 Å². The van der Waals surface area contributed by atoms with Gasteiger partial charge in [0.25, 0.3) is 0 Å². The lowest BCUT2D eigenvalue weighted by atomic mass is 9.97. The van der Waals surface area contributed by atoms with Crippen LogP contribution in [-0.2, 0) is 6.42 Å². The molecule has 0 spiro atoms. The standard InChI is InChI=1S/C17H20ClN/c1-19(2)12-6-9-14-7-3-4-11-17(14)15-8-5-10-16(18)13-15/h3-5,7-8,10-11,13H,6,9,12H2,1-2H3. The van der Waals surface area contributed by atoms with Crippen LogP contribution in [0.3, 0.4) is 0 Å². The smallest absolute Gasteiger partial charge is 0.0412 e. The van der Waals surface area contributed by atoms with Crippen molar-refractivity contribution in [3.8, 4) is 11.1 Å². The summed E-state index contributed by atoms with van der Waals surface area (Å²) < 4.78 is 0. The molecule has 0 aliphatic rings. The minimum absolute atomic E-state index is 0.792. The Balaban J connectivity index is 2.21. The van der Waals surface area contributed by atoms with Crippen LogP contribution in [0, 0.1) is 0 Å². The SMILES string of the molecule is CN(C)CCCc1ccccc1-c1cccc(Cl)c1. The Bertz CT molecular complexity index is 534. The molecule has 0 unspecified atom stereocenters. The van der Waals surface area contributed by atoms with E-state index in [1.807, 2.05) is 18.2 Å². The number of halogens is 1. The topological polar surface area (TPSA) is 3.24 Å². The minimum atomic E-state index is 0.792. The van der Waals surface area contributed by atoms with Gasteiger partial charge < -0.3 is 4.90 Å². The highest BCUT2D eigenvalue weighted by Crippen LogP contribution is 2.26. The first kappa shape index (κ1) is 14.1. The van der Waals surface area contributed by atoms with Crippen LogP contribution >= 0.6 is 11.6 Å². The number of nitrogens with zero attached hydrogens (tertiary/aromatic N) is 1. The van der Waals surface area contributed by atoms with Crippen molar-refractivity contribution >= 4 is 11.6 Å². The fourth-order valence-electron chi connectivity index (χ4n) is 2.26. The molecule has 0 heterocycles. The average Bonchev–Trinajstić information content (AvgIpc) is 2.39. The zero-order chi connectivity index (χ0) is 13.7. The van der Waals surface area contributed by atoms with E-state index in [4.69, 9.17) is 11.6 Å². The molecule has 0 atom stereocenters. The van der Waals surface area contributed by atoms with Gasteiger partial charge in [-0.15, -0.1) is 0 Å². The second-order valence-corrected chi connectivity index (χ2v) is 5.51. The fraction of sp³-hybridized carbons (Fsp3) is 0.294. The van der Waals surface area contributed by atoms with Crippen molar-refractivity contribution in [2.45, 2.75) is 12.8 Å². The maximum absolute atomic E-state index is 6.09. The number of hydrogen-bond donors (Lipinski definition) is 0. The maximum Gasteiger partial charge on any atom is 0.0412 e. The Labute approximate surface area is 120 Å². The van der Waals surface area contributed by atoms with Gasteiger partial charge in [0.05, 0.1) is 0 Å². The van der Waals surface area contributed by atoms with Crippen molar-refractivity contribution in [2.75, 3.05) is 20.6 Å². The van der Waals surface area contributed by atoms with Crippen LogP contribution in [0.25, 0.3) is 11.1 Å². The van der Waals surface area contributed by atoms with Crippen LogP contribution in [0.1, 0.15) is 12.0 Å².